The van der Waals surface area contributed by atoms with Crippen LogP contribution < -0.4 is 0 Å². The first kappa shape index (κ1) is 15.9. The van der Waals surface area contributed by atoms with Gasteiger partial charge in [0.15, 0.2) is 0 Å². The Morgan fingerprint density at radius 1 is 1.59 bits per heavy atom. The molecule has 2 unspecified atom stereocenters. The van der Waals surface area contributed by atoms with Gasteiger partial charge in [-0.25, -0.2) is 4.79 Å². The van der Waals surface area contributed by atoms with Crippen LogP contribution in [0.4, 0.5) is 0 Å². The number of hydrogen-bond acceptors (Lipinski definition) is 6. The zero-order valence-electron chi connectivity index (χ0n) is 9.57. The van der Waals surface area contributed by atoms with Crippen molar-refractivity contribution in [1.82, 2.24) is 0 Å². The van der Waals surface area contributed by atoms with E-state index in [0.717, 1.165) is 12.9 Å². The molecule has 100 valence electrons. The minimum absolute atomic E-state index is 0.0418. The van der Waals surface area contributed by atoms with Crippen molar-refractivity contribution in [2.75, 3.05) is 26.4 Å². The fourth-order valence-corrected chi connectivity index (χ4v) is 0.561. The van der Waals surface area contributed by atoms with E-state index >= 15 is 0 Å². The Bertz CT molecular complexity index is 247. The minimum Gasteiger partial charge on any atom is -0.498 e. The van der Waals surface area contributed by atoms with Crippen LogP contribution in [-0.2, 0) is 14.3 Å². The van der Waals surface area contributed by atoms with Crippen molar-refractivity contribution in [2.24, 2.45) is 0 Å². The van der Waals surface area contributed by atoms with Crippen LogP contribution in [0.25, 0.3) is 0 Å². The van der Waals surface area contributed by atoms with Crippen LogP contribution in [0.15, 0.2) is 11.8 Å². The molecule has 1 fully saturated rings. The number of aliphatic carboxylic acids is 1. The Hall–Kier alpha value is -1.15. The molecule has 0 saturated carbocycles. The second-order valence-corrected chi connectivity index (χ2v) is 3.41. The Morgan fingerprint density at radius 2 is 2.18 bits per heavy atom. The van der Waals surface area contributed by atoms with E-state index in [1.165, 1.54) is 6.92 Å². The molecular formula is C10H18O7. The molecule has 7 nitrogen and oxygen atoms in total. The van der Waals surface area contributed by atoms with Crippen molar-refractivity contribution in [3.8, 4) is 0 Å². The lowest BCUT2D eigenvalue weighted by molar-refractivity contribution is -0.132. The predicted octanol–water partition coefficient (Wildman–Crippen LogP) is -1.28. The average molecular weight is 250 g/mol. The third-order valence-electron chi connectivity index (χ3n) is 1.70. The normalized spacial score (nSPS) is 20.0. The number of hydrogen-bond donors (Lipinski definition) is 4. The maximum absolute atomic E-state index is 10.2. The van der Waals surface area contributed by atoms with E-state index in [1.807, 2.05) is 0 Å². The summed E-state index contributed by atoms with van der Waals surface area (Å²) < 4.78 is 9.26. The van der Waals surface area contributed by atoms with E-state index in [9.17, 15) is 4.79 Å². The van der Waals surface area contributed by atoms with Gasteiger partial charge in [-0.1, -0.05) is 0 Å². The van der Waals surface area contributed by atoms with Crippen LogP contribution in [0.2, 0.25) is 0 Å². The van der Waals surface area contributed by atoms with E-state index in [-0.39, 0.29) is 24.9 Å². The topological polar surface area (TPSA) is 120 Å². The summed E-state index contributed by atoms with van der Waals surface area (Å²) in [7, 11) is 0. The number of ether oxygens (including phenoxy) is 2. The first-order chi connectivity index (χ1) is 8.01. The van der Waals surface area contributed by atoms with Crippen molar-refractivity contribution >= 4 is 5.97 Å². The third-order valence-corrected chi connectivity index (χ3v) is 1.70. The minimum atomic E-state index is -1.08. The quantitative estimate of drug-likeness (QED) is 0.263. The lowest BCUT2D eigenvalue weighted by Gasteiger charge is -2.05. The van der Waals surface area contributed by atoms with Crippen molar-refractivity contribution in [1.29, 1.82) is 0 Å². The number of aliphatic hydroxyl groups is 3. The van der Waals surface area contributed by atoms with Crippen molar-refractivity contribution in [2.45, 2.75) is 19.1 Å². The van der Waals surface area contributed by atoms with Gasteiger partial charge < -0.3 is 29.9 Å². The van der Waals surface area contributed by atoms with E-state index in [2.05, 4.69) is 9.47 Å². The number of carboxylic acid groups (broad SMARTS) is 1. The SMILES string of the molecule is CC(=COCC(O)CO)C(=O)O.OCC1CO1. The zero-order valence-corrected chi connectivity index (χ0v) is 9.57. The van der Waals surface area contributed by atoms with Crippen molar-refractivity contribution in [3.05, 3.63) is 11.8 Å². The van der Waals surface area contributed by atoms with E-state index in [0.29, 0.717) is 0 Å². The Morgan fingerprint density at radius 3 is 2.47 bits per heavy atom. The van der Waals surface area contributed by atoms with Crippen LogP contribution in [0.5, 0.6) is 0 Å². The third kappa shape index (κ3) is 9.76. The van der Waals surface area contributed by atoms with Gasteiger partial charge in [-0.2, -0.15) is 0 Å². The second-order valence-electron chi connectivity index (χ2n) is 3.41. The summed E-state index contributed by atoms with van der Waals surface area (Å²) >= 11 is 0. The molecule has 1 saturated heterocycles. The number of rotatable bonds is 6. The largest absolute Gasteiger partial charge is 0.498 e. The molecule has 0 bridgehead atoms. The lowest BCUT2D eigenvalue weighted by atomic mass is 10.3. The molecule has 0 aromatic rings. The highest BCUT2D eigenvalue weighted by molar-refractivity contribution is 5.85. The van der Waals surface area contributed by atoms with E-state index < -0.39 is 18.7 Å². The standard InChI is InChI=1S/C7H12O5.C3H6O2/c1-5(7(10)11)3-12-4-6(9)2-8;4-1-3-2-5-3/h3,6,8-9H,2,4H2,1H3,(H,10,11);3-4H,1-2H2. The van der Waals surface area contributed by atoms with Gasteiger partial charge in [0, 0.05) is 0 Å². The fourth-order valence-electron chi connectivity index (χ4n) is 0.561. The molecule has 1 aliphatic heterocycles. The number of carbonyl (C=O) groups is 1. The number of aliphatic hydroxyl groups excluding tert-OH is 3. The van der Waals surface area contributed by atoms with Crippen LogP contribution >= 0.6 is 0 Å². The predicted molar refractivity (Wildman–Crippen MR) is 57.3 cm³/mol. The summed E-state index contributed by atoms with van der Waals surface area (Å²) in [6.07, 6.45) is 0.249. The van der Waals surface area contributed by atoms with Gasteiger partial charge in [0.2, 0.25) is 0 Å². The van der Waals surface area contributed by atoms with E-state index in [4.69, 9.17) is 20.4 Å². The highest BCUT2D eigenvalue weighted by Gasteiger charge is 2.19. The van der Waals surface area contributed by atoms with Crippen LogP contribution in [-0.4, -0.2) is 65.0 Å². The summed E-state index contributed by atoms with van der Waals surface area (Å²) in [5.74, 6) is -1.08. The summed E-state index contributed by atoms with van der Waals surface area (Å²) in [5.41, 5.74) is 0.0418. The van der Waals surface area contributed by atoms with Crippen molar-refractivity contribution in [3.63, 3.8) is 0 Å². The van der Waals surface area contributed by atoms with Gasteiger partial charge in [0.1, 0.15) is 18.8 Å². The van der Waals surface area contributed by atoms with Gasteiger partial charge >= 0.3 is 5.97 Å². The molecule has 1 heterocycles. The first-order valence-electron chi connectivity index (χ1n) is 5.04. The van der Waals surface area contributed by atoms with Gasteiger partial charge in [-0.15, -0.1) is 0 Å². The molecule has 4 N–H and O–H groups in total. The zero-order chi connectivity index (χ0) is 13.3. The maximum atomic E-state index is 10.2. The number of epoxide rings is 1. The molecule has 1 rings (SSSR count). The molecule has 1 aliphatic rings. The maximum Gasteiger partial charge on any atom is 0.334 e. The molecule has 2 atom stereocenters. The molecule has 17 heavy (non-hydrogen) atoms. The summed E-state index contributed by atoms with van der Waals surface area (Å²) in [6.45, 7) is 1.81. The first-order valence-corrected chi connectivity index (χ1v) is 5.04. The highest BCUT2D eigenvalue weighted by Crippen LogP contribution is 2.04. The highest BCUT2D eigenvalue weighted by atomic mass is 16.6. The van der Waals surface area contributed by atoms with Gasteiger partial charge in [0.05, 0.1) is 31.7 Å². The van der Waals surface area contributed by atoms with Gasteiger partial charge in [-0.3, -0.25) is 0 Å². The van der Waals surface area contributed by atoms with Crippen molar-refractivity contribution < 1.29 is 34.7 Å². The molecule has 0 radical (unpaired) electrons. The molecule has 0 amide bonds. The Labute approximate surface area is 98.9 Å². The smallest absolute Gasteiger partial charge is 0.334 e. The molecule has 0 aromatic heterocycles. The summed E-state index contributed by atoms with van der Waals surface area (Å²) in [6, 6.07) is 0. The lowest BCUT2D eigenvalue weighted by Crippen LogP contribution is -2.18. The Kier molecular flexibility index (Phi) is 8.34. The summed E-state index contributed by atoms with van der Waals surface area (Å²) in [4.78, 5) is 10.2. The Balaban J connectivity index is 0.000000419. The van der Waals surface area contributed by atoms with E-state index in [1.54, 1.807) is 0 Å². The fraction of sp³-hybridized carbons (Fsp3) is 0.700. The average Bonchev–Trinajstić information content (AvgIpc) is 3.12. The molecular weight excluding hydrogens is 232 g/mol. The van der Waals surface area contributed by atoms with Crippen LogP contribution in [0.1, 0.15) is 6.92 Å². The molecule has 7 heteroatoms. The number of carboxylic acids is 1. The summed E-state index contributed by atoms with van der Waals surface area (Å²) in [5, 5.41) is 33.5. The monoisotopic (exact) mass is 250 g/mol. The molecule has 0 aliphatic carbocycles. The second kappa shape index (κ2) is 8.94. The van der Waals surface area contributed by atoms with Crippen LogP contribution in [0, 0.1) is 0 Å². The molecule has 0 spiro atoms. The molecule has 0 aromatic carbocycles. The van der Waals surface area contributed by atoms with Crippen LogP contribution in [0.3, 0.4) is 0 Å². The van der Waals surface area contributed by atoms with Gasteiger partial charge in [0.25, 0.3) is 0 Å². The van der Waals surface area contributed by atoms with Gasteiger partial charge in [-0.05, 0) is 6.92 Å².